The van der Waals surface area contributed by atoms with E-state index in [4.69, 9.17) is 9.47 Å². The van der Waals surface area contributed by atoms with E-state index in [-0.39, 0.29) is 0 Å². The number of rotatable bonds is 17. The van der Waals surface area contributed by atoms with E-state index in [1.165, 1.54) is 57.8 Å². The molecule has 4 nitrogen and oxygen atoms in total. The molecule has 0 aliphatic rings. The SMILES string of the molecule is CCCCCCCCCCCCCOC(=O)C(CC)(CC)C(=O)Oc1ccccc1C. The van der Waals surface area contributed by atoms with Crippen molar-refractivity contribution in [3.63, 3.8) is 0 Å². The number of unbranched alkanes of at least 4 members (excludes halogenated alkanes) is 10. The molecule has 1 aromatic rings. The molecular formula is C27H44O4. The van der Waals surface area contributed by atoms with Crippen molar-refractivity contribution in [3.8, 4) is 5.75 Å². The minimum Gasteiger partial charge on any atom is -0.465 e. The zero-order chi connectivity index (χ0) is 23.0. The van der Waals surface area contributed by atoms with Crippen molar-refractivity contribution in [1.29, 1.82) is 0 Å². The highest BCUT2D eigenvalue weighted by atomic mass is 16.6. The normalized spacial score (nSPS) is 11.4. The van der Waals surface area contributed by atoms with Gasteiger partial charge in [-0.05, 0) is 37.8 Å². The standard InChI is InChI=1S/C27H44O4/c1-5-8-9-10-11-12-13-14-15-16-19-22-30-25(28)27(6-2,7-3)26(29)31-24-21-18-17-20-23(24)4/h17-18,20-21H,5-16,19,22H2,1-4H3. The van der Waals surface area contributed by atoms with Crippen LogP contribution in [0.1, 0.15) is 110 Å². The van der Waals surface area contributed by atoms with Crippen LogP contribution in [0.5, 0.6) is 5.75 Å². The van der Waals surface area contributed by atoms with Crippen LogP contribution in [-0.4, -0.2) is 18.5 Å². The first-order valence-electron chi connectivity index (χ1n) is 12.5. The van der Waals surface area contributed by atoms with Crippen LogP contribution in [0.4, 0.5) is 0 Å². The molecule has 1 rings (SSSR count). The lowest BCUT2D eigenvalue weighted by Crippen LogP contribution is -2.42. The Labute approximate surface area is 190 Å². The van der Waals surface area contributed by atoms with Gasteiger partial charge in [-0.15, -0.1) is 0 Å². The van der Waals surface area contributed by atoms with Gasteiger partial charge >= 0.3 is 11.9 Å². The van der Waals surface area contributed by atoms with E-state index in [1.807, 2.05) is 39.0 Å². The van der Waals surface area contributed by atoms with Crippen LogP contribution >= 0.6 is 0 Å². The van der Waals surface area contributed by atoms with Crippen LogP contribution in [-0.2, 0) is 14.3 Å². The molecule has 0 spiro atoms. The van der Waals surface area contributed by atoms with E-state index < -0.39 is 17.4 Å². The average Bonchev–Trinajstić information content (AvgIpc) is 2.77. The molecule has 0 radical (unpaired) electrons. The molecule has 0 aliphatic carbocycles. The zero-order valence-corrected chi connectivity index (χ0v) is 20.3. The molecule has 0 amide bonds. The molecule has 0 saturated heterocycles. The first-order chi connectivity index (χ1) is 15.0. The Kier molecular flexibility index (Phi) is 13.9. The fourth-order valence-corrected chi connectivity index (χ4v) is 3.85. The van der Waals surface area contributed by atoms with Gasteiger partial charge in [0.15, 0.2) is 5.41 Å². The van der Waals surface area contributed by atoms with E-state index >= 15 is 0 Å². The van der Waals surface area contributed by atoms with Gasteiger partial charge in [-0.25, -0.2) is 0 Å². The van der Waals surface area contributed by atoms with Gasteiger partial charge in [0.05, 0.1) is 6.61 Å². The van der Waals surface area contributed by atoms with E-state index in [2.05, 4.69) is 6.92 Å². The van der Waals surface area contributed by atoms with Crippen molar-refractivity contribution in [2.45, 2.75) is 111 Å². The summed E-state index contributed by atoms with van der Waals surface area (Å²) in [5.74, 6) is -0.476. The number of para-hydroxylation sites is 1. The van der Waals surface area contributed by atoms with E-state index in [9.17, 15) is 9.59 Å². The lowest BCUT2D eigenvalue weighted by atomic mass is 9.82. The maximum Gasteiger partial charge on any atom is 0.328 e. The monoisotopic (exact) mass is 432 g/mol. The lowest BCUT2D eigenvalue weighted by molar-refractivity contribution is -0.168. The molecule has 0 heterocycles. The predicted molar refractivity (Wildman–Crippen MR) is 127 cm³/mol. The summed E-state index contributed by atoms with van der Waals surface area (Å²) in [5, 5.41) is 0. The van der Waals surface area contributed by atoms with Crippen LogP contribution in [0.2, 0.25) is 0 Å². The summed E-state index contributed by atoms with van der Waals surface area (Å²) in [4.78, 5) is 25.7. The fraction of sp³-hybridized carbons (Fsp3) is 0.704. The number of esters is 2. The second-order valence-corrected chi connectivity index (χ2v) is 8.62. The minimum absolute atomic E-state index is 0.366. The Hall–Kier alpha value is -1.84. The highest BCUT2D eigenvalue weighted by Gasteiger charge is 2.46. The largest absolute Gasteiger partial charge is 0.465 e. The number of ether oxygens (including phenoxy) is 2. The van der Waals surface area contributed by atoms with Crippen LogP contribution in [0.15, 0.2) is 24.3 Å². The summed E-state index contributed by atoms with van der Waals surface area (Å²) in [6.45, 7) is 8.18. The molecule has 1 aromatic carbocycles. The third-order valence-electron chi connectivity index (χ3n) is 6.27. The first-order valence-corrected chi connectivity index (χ1v) is 12.5. The smallest absolute Gasteiger partial charge is 0.328 e. The Balaban J connectivity index is 2.32. The molecule has 4 heteroatoms. The molecule has 31 heavy (non-hydrogen) atoms. The fourth-order valence-electron chi connectivity index (χ4n) is 3.85. The molecule has 0 saturated carbocycles. The molecule has 0 N–H and O–H groups in total. The van der Waals surface area contributed by atoms with Gasteiger partial charge in [-0.2, -0.15) is 0 Å². The van der Waals surface area contributed by atoms with Gasteiger partial charge in [0.25, 0.3) is 0 Å². The van der Waals surface area contributed by atoms with E-state index in [0.29, 0.717) is 25.2 Å². The van der Waals surface area contributed by atoms with Crippen molar-refractivity contribution in [2.24, 2.45) is 5.41 Å². The van der Waals surface area contributed by atoms with Gasteiger partial charge in [0, 0.05) is 0 Å². The maximum atomic E-state index is 12.9. The molecule has 0 unspecified atom stereocenters. The van der Waals surface area contributed by atoms with Crippen LogP contribution in [0.25, 0.3) is 0 Å². The Morgan fingerprint density at radius 3 is 1.77 bits per heavy atom. The average molecular weight is 433 g/mol. The van der Waals surface area contributed by atoms with Crippen molar-refractivity contribution in [1.82, 2.24) is 0 Å². The van der Waals surface area contributed by atoms with Crippen LogP contribution in [0, 0.1) is 12.3 Å². The lowest BCUT2D eigenvalue weighted by Gasteiger charge is -2.27. The molecule has 0 atom stereocenters. The molecule has 0 fully saturated rings. The summed E-state index contributed by atoms with van der Waals surface area (Å²) >= 11 is 0. The topological polar surface area (TPSA) is 52.6 Å². The van der Waals surface area contributed by atoms with Crippen molar-refractivity contribution < 1.29 is 19.1 Å². The van der Waals surface area contributed by atoms with Gasteiger partial charge in [-0.3, -0.25) is 9.59 Å². The highest BCUT2D eigenvalue weighted by Crippen LogP contribution is 2.32. The van der Waals surface area contributed by atoms with Crippen LogP contribution < -0.4 is 4.74 Å². The summed E-state index contributed by atoms with van der Waals surface area (Å²) in [6, 6.07) is 7.34. The number of hydrogen-bond acceptors (Lipinski definition) is 4. The number of hydrogen-bond donors (Lipinski definition) is 0. The zero-order valence-electron chi connectivity index (χ0n) is 20.3. The van der Waals surface area contributed by atoms with Crippen molar-refractivity contribution >= 4 is 11.9 Å². The highest BCUT2D eigenvalue weighted by molar-refractivity contribution is 6.00. The summed E-state index contributed by atoms with van der Waals surface area (Å²) < 4.78 is 11.1. The third kappa shape index (κ3) is 9.45. The second-order valence-electron chi connectivity index (χ2n) is 8.62. The Morgan fingerprint density at radius 2 is 1.26 bits per heavy atom. The maximum absolute atomic E-state index is 12.9. The summed E-state index contributed by atoms with van der Waals surface area (Å²) in [6.07, 6.45) is 14.4. The van der Waals surface area contributed by atoms with E-state index in [0.717, 1.165) is 18.4 Å². The Morgan fingerprint density at radius 1 is 0.742 bits per heavy atom. The molecule has 0 aliphatic heterocycles. The van der Waals surface area contributed by atoms with Gasteiger partial charge in [-0.1, -0.05) is 103 Å². The van der Waals surface area contributed by atoms with Crippen molar-refractivity contribution in [2.75, 3.05) is 6.61 Å². The number of carbonyl (C=O) groups is 2. The van der Waals surface area contributed by atoms with Crippen molar-refractivity contribution in [3.05, 3.63) is 29.8 Å². The number of aryl methyl sites for hydroxylation is 1. The first kappa shape index (κ1) is 27.2. The van der Waals surface area contributed by atoms with Gasteiger partial charge in [0.1, 0.15) is 5.75 Å². The quantitative estimate of drug-likeness (QED) is 0.110. The Bertz CT molecular complexity index is 634. The summed E-state index contributed by atoms with van der Waals surface area (Å²) in [5.41, 5.74) is -0.369. The number of benzene rings is 1. The predicted octanol–water partition coefficient (Wildman–Crippen LogP) is 7.56. The van der Waals surface area contributed by atoms with E-state index in [1.54, 1.807) is 6.07 Å². The number of carbonyl (C=O) groups excluding carboxylic acids is 2. The second kappa shape index (κ2) is 15.9. The third-order valence-corrected chi connectivity index (χ3v) is 6.27. The van der Waals surface area contributed by atoms with Crippen LogP contribution in [0.3, 0.4) is 0 Å². The molecular weight excluding hydrogens is 388 g/mol. The molecule has 176 valence electrons. The minimum atomic E-state index is -1.24. The van der Waals surface area contributed by atoms with Gasteiger partial charge in [0.2, 0.25) is 0 Å². The van der Waals surface area contributed by atoms with Gasteiger partial charge < -0.3 is 9.47 Å². The molecule has 0 bridgehead atoms. The summed E-state index contributed by atoms with van der Waals surface area (Å²) in [7, 11) is 0. The molecule has 0 aromatic heterocycles.